The Morgan fingerprint density at radius 2 is 2.27 bits per heavy atom. The summed E-state index contributed by atoms with van der Waals surface area (Å²) in [5, 5.41) is 11.0. The molecule has 0 saturated carbocycles. The summed E-state index contributed by atoms with van der Waals surface area (Å²) in [7, 11) is 0. The number of halogens is 1. The molecule has 0 saturated heterocycles. The molecule has 2 rings (SSSR count). The van der Waals surface area contributed by atoms with Crippen molar-refractivity contribution in [1.82, 2.24) is 0 Å². The lowest BCUT2D eigenvalue weighted by Crippen LogP contribution is -2.30. The van der Waals surface area contributed by atoms with Gasteiger partial charge in [0, 0.05) is 11.4 Å². The van der Waals surface area contributed by atoms with E-state index < -0.39 is 5.60 Å². The quantitative estimate of drug-likeness (QED) is 0.761. The van der Waals surface area contributed by atoms with E-state index >= 15 is 0 Å². The van der Waals surface area contributed by atoms with Crippen LogP contribution in [-0.2, 0) is 6.42 Å². The zero-order valence-corrected chi connectivity index (χ0v) is 9.37. The van der Waals surface area contributed by atoms with Gasteiger partial charge in [0.2, 0.25) is 0 Å². The first kappa shape index (κ1) is 10.7. The number of allylic oxidation sites excluding steroid dienone is 1. The van der Waals surface area contributed by atoms with E-state index in [1.165, 1.54) is 0 Å². The van der Waals surface area contributed by atoms with Crippen LogP contribution in [-0.4, -0.2) is 10.7 Å². The molecule has 0 heterocycles. The van der Waals surface area contributed by atoms with Crippen molar-refractivity contribution in [2.24, 2.45) is 0 Å². The van der Waals surface area contributed by atoms with Gasteiger partial charge in [-0.3, -0.25) is 0 Å². The molecule has 0 aliphatic heterocycles. The topological polar surface area (TPSA) is 20.2 Å². The highest BCUT2D eigenvalue weighted by atomic mass is 35.5. The molecule has 1 atom stereocenters. The Bertz CT molecular complexity index is 373. The summed E-state index contributed by atoms with van der Waals surface area (Å²) in [5.74, 6) is 0. The highest BCUT2D eigenvalue weighted by Gasteiger charge is 2.25. The minimum absolute atomic E-state index is 0.657. The number of benzene rings is 1. The average molecular weight is 223 g/mol. The van der Waals surface area contributed by atoms with E-state index in [1.807, 2.05) is 30.3 Å². The first-order valence-electron chi connectivity index (χ1n) is 5.32. The summed E-state index contributed by atoms with van der Waals surface area (Å²) in [6.07, 6.45) is 7.64. The summed E-state index contributed by atoms with van der Waals surface area (Å²) in [5.41, 5.74) is 0.430. The SMILES string of the molecule is OC1(Cc2cccc(Cl)c2)C=CCCC1. The second-order valence-electron chi connectivity index (χ2n) is 4.20. The molecule has 15 heavy (non-hydrogen) atoms. The Kier molecular flexibility index (Phi) is 3.13. The Hall–Kier alpha value is -0.790. The van der Waals surface area contributed by atoms with Gasteiger partial charge in [-0.25, -0.2) is 0 Å². The van der Waals surface area contributed by atoms with Gasteiger partial charge in [-0.1, -0.05) is 35.9 Å². The van der Waals surface area contributed by atoms with E-state index in [1.54, 1.807) is 0 Å². The van der Waals surface area contributed by atoms with Crippen LogP contribution in [0.5, 0.6) is 0 Å². The largest absolute Gasteiger partial charge is 0.385 e. The second kappa shape index (κ2) is 4.38. The lowest BCUT2D eigenvalue weighted by Gasteiger charge is -2.27. The van der Waals surface area contributed by atoms with Crippen molar-refractivity contribution < 1.29 is 5.11 Å². The molecule has 1 aliphatic carbocycles. The minimum atomic E-state index is -0.664. The summed E-state index contributed by atoms with van der Waals surface area (Å²) in [4.78, 5) is 0. The molecule has 0 fully saturated rings. The van der Waals surface area contributed by atoms with Gasteiger partial charge >= 0.3 is 0 Å². The maximum atomic E-state index is 10.3. The van der Waals surface area contributed by atoms with Gasteiger partial charge in [-0.05, 0) is 37.0 Å². The van der Waals surface area contributed by atoms with E-state index in [4.69, 9.17) is 11.6 Å². The molecule has 0 aromatic heterocycles. The lowest BCUT2D eigenvalue weighted by molar-refractivity contribution is 0.0751. The summed E-state index contributed by atoms with van der Waals surface area (Å²) in [6.45, 7) is 0. The molecule has 80 valence electrons. The van der Waals surface area contributed by atoms with Gasteiger partial charge in [0.25, 0.3) is 0 Å². The molecule has 0 bridgehead atoms. The zero-order chi connectivity index (χ0) is 10.7. The molecule has 0 spiro atoms. The molecule has 0 amide bonds. The average Bonchev–Trinajstić information content (AvgIpc) is 2.18. The maximum Gasteiger partial charge on any atom is 0.0868 e. The smallest absolute Gasteiger partial charge is 0.0868 e. The summed E-state index contributed by atoms with van der Waals surface area (Å²) >= 11 is 5.91. The van der Waals surface area contributed by atoms with E-state index in [-0.39, 0.29) is 0 Å². The Balaban J connectivity index is 2.14. The third-order valence-electron chi connectivity index (χ3n) is 2.81. The van der Waals surface area contributed by atoms with Crippen molar-refractivity contribution in [2.75, 3.05) is 0 Å². The molecule has 1 unspecified atom stereocenters. The standard InChI is InChI=1S/C13H15ClO/c14-12-6-4-5-11(9-12)10-13(15)7-2-1-3-8-13/h2,4-7,9,15H,1,3,8,10H2. The molecule has 1 aromatic rings. The van der Waals surface area contributed by atoms with E-state index in [2.05, 4.69) is 6.08 Å². The highest BCUT2D eigenvalue weighted by molar-refractivity contribution is 6.30. The van der Waals surface area contributed by atoms with Crippen LogP contribution >= 0.6 is 11.6 Å². The minimum Gasteiger partial charge on any atom is -0.385 e. The van der Waals surface area contributed by atoms with Crippen LogP contribution in [0.2, 0.25) is 5.02 Å². The Labute approximate surface area is 95.4 Å². The van der Waals surface area contributed by atoms with Gasteiger partial charge < -0.3 is 5.11 Å². The Morgan fingerprint density at radius 3 is 2.93 bits per heavy atom. The van der Waals surface area contributed by atoms with E-state index in [0.29, 0.717) is 6.42 Å². The fourth-order valence-corrected chi connectivity index (χ4v) is 2.27. The molecular formula is C13H15ClO. The summed E-state index contributed by atoms with van der Waals surface area (Å²) in [6, 6.07) is 7.70. The molecule has 2 heteroatoms. The predicted octanol–water partition coefficient (Wildman–Crippen LogP) is 3.35. The van der Waals surface area contributed by atoms with Crippen molar-refractivity contribution in [2.45, 2.75) is 31.3 Å². The van der Waals surface area contributed by atoms with Crippen LogP contribution in [0, 0.1) is 0 Å². The van der Waals surface area contributed by atoms with Crippen molar-refractivity contribution in [3.63, 3.8) is 0 Å². The second-order valence-corrected chi connectivity index (χ2v) is 4.64. The lowest BCUT2D eigenvalue weighted by atomic mass is 9.85. The van der Waals surface area contributed by atoms with Crippen molar-refractivity contribution >= 4 is 11.6 Å². The van der Waals surface area contributed by atoms with Crippen molar-refractivity contribution in [3.05, 3.63) is 47.0 Å². The number of hydrogen-bond acceptors (Lipinski definition) is 1. The van der Waals surface area contributed by atoms with Crippen LogP contribution in [0.1, 0.15) is 24.8 Å². The third-order valence-corrected chi connectivity index (χ3v) is 3.04. The zero-order valence-electron chi connectivity index (χ0n) is 8.62. The van der Waals surface area contributed by atoms with Crippen molar-refractivity contribution in [3.8, 4) is 0 Å². The van der Waals surface area contributed by atoms with Crippen molar-refractivity contribution in [1.29, 1.82) is 0 Å². The highest BCUT2D eigenvalue weighted by Crippen LogP contribution is 2.26. The molecule has 1 aliphatic rings. The van der Waals surface area contributed by atoms with Crippen LogP contribution in [0.25, 0.3) is 0 Å². The van der Waals surface area contributed by atoms with Crippen LogP contribution in [0.15, 0.2) is 36.4 Å². The number of hydrogen-bond donors (Lipinski definition) is 1. The fourth-order valence-electron chi connectivity index (χ4n) is 2.06. The molecule has 1 nitrogen and oxygen atoms in total. The normalized spacial score (nSPS) is 25.5. The number of aliphatic hydroxyl groups is 1. The van der Waals surface area contributed by atoms with Gasteiger partial charge in [0.15, 0.2) is 0 Å². The van der Waals surface area contributed by atoms with Crippen LogP contribution in [0.3, 0.4) is 0 Å². The Morgan fingerprint density at radius 1 is 1.40 bits per heavy atom. The van der Waals surface area contributed by atoms with Crippen LogP contribution < -0.4 is 0 Å². The fraction of sp³-hybridized carbons (Fsp3) is 0.385. The molecule has 1 N–H and O–H groups in total. The van der Waals surface area contributed by atoms with Gasteiger partial charge in [0.1, 0.15) is 0 Å². The third kappa shape index (κ3) is 2.83. The van der Waals surface area contributed by atoms with E-state index in [0.717, 1.165) is 29.8 Å². The predicted molar refractivity (Wildman–Crippen MR) is 63.1 cm³/mol. The monoisotopic (exact) mass is 222 g/mol. The first-order chi connectivity index (χ1) is 7.18. The van der Waals surface area contributed by atoms with Gasteiger partial charge in [-0.2, -0.15) is 0 Å². The van der Waals surface area contributed by atoms with Gasteiger partial charge in [0.05, 0.1) is 5.60 Å². The van der Waals surface area contributed by atoms with Crippen LogP contribution in [0.4, 0.5) is 0 Å². The molecule has 0 radical (unpaired) electrons. The first-order valence-corrected chi connectivity index (χ1v) is 5.70. The molecular weight excluding hydrogens is 208 g/mol. The summed E-state index contributed by atoms with van der Waals surface area (Å²) < 4.78 is 0. The van der Waals surface area contributed by atoms with Gasteiger partial charge in [-0.15, -0.1) is 0 Å². The molecule has 1 aromatic carbocycles. The number of rotatable bonds is 2. The van der Waals surface area contributed by atoms with E-state index in [9.17, 15) is 5.11 Å². The maximum absolute atomic E-state index is 10.3.